The molecule has 0 spiro atoms. The van der Waals surface area contributed by atoms with Crippen LogP contribution in [-0.2, 0) is 21.6 Å². The topological polar surface area (TPSA) is 69.9 Å². The quantitative estimate of drug-likeness (QED) is 0.497. The molecule has 3 rings (SSSR count). The fraction of sp³-hybridized carbons (Fsp3) is 0.273. The number of tetrazole rings is 1. The van der Waals surface area contributed by atoms with Crippen LogP contribution in [0.25, 0.3) is 11.8 Å². The molecule has 0 atom stereocenters. The number of hydrogen-bond acceptors (Lipinski definition) is 5. The van der Waals surface area contributed by atoms with E-state index in [1.807, 2.05) is 42.5 Å². The molecule has 0 amide bonds. The minimum Gasteiger partial charge on any atom is -0.456 e. The summed E-state index contributed by atoms with van der Waals surface area (Å²) in [6, 6.07) is 17.6. The predicted octanol–water partition coefficient (Wildman–Crippen LogP) is 4.02. The van der Waals surface area contributed by atoms with Crippen molar-refractivity contribution in [1.82, 2.24) is 20.2 Å². The zero-order chi connectivity index (χ0) is 20.1. The SMILES string of the molecule is Cc1nnnn1/C(=C\c1ccccc1)C(=O)OCc1ccc(C(C)(C)C)cc1. The maximum absolute atomic E-state index is 12.8. The molecule has 0 saturated carbocycles. The lowest BCUT2D eigenvalue weighted by Gasteiger charge is -2.19. The number of aryl methyl sites for hydroxylation is 1. The molecule has 0 saturated heterocycles. The van der Waals surface area contributed by atoms with Gasteiger partial charge in [-0.05, 0) is 45.5 Å². The molecule has 0 fully saturated rings. The van der Waals surface area contributed by atoms with Crippen LogP contribution in [0.1, 0.15) is 43.3 Å². The molecule has 0 aliphatic rings. The summed E-state index contributed by atoms with van der Waals surface area (Å²) in [5, 5.41) is 11.4. The summed E-state index contributed by atoms with van der Waals surface area (Å²) in [4.78, 5) is 12.8. The molecule has 0 aliphatic heterocycles. The summed E-state index contributed by atoms with van der Waals surface area (Å²) in [6.45, 7) is 8.40. The number of rotatable bonds is 5. The standard InChI is InChI=1S/C22H24N4O2/c1-16-23-24-25-26(16)20(14-17-8-6-5-7-9-17)21(27)28-15-18-10-12-19(13-11-18)22(2,3)4/h5-14H,15H2,1-4H3/b20-14-. The Balaban J connectivity index is 1.79. The van der Waals surface area contributed by atoms with E-state index >= 15 is 0 Å². The summed E-state index contributed by atoms with van der Waals surface area (Å²) in [5.41, 5.74) is 3.36. The molecular weight excluding hydrogens is 352 g/mol. The van der Waals surface area contributed by atoms with Gasteiger partial charge >= 0.3 is 5.97 Å². The first-order valence-corrected chi connectivity index (χ1v) is 9.13. The number of esters is 1. The van der Waals surface area contributed by atoms with Gasteiger partial charge < -0.3 is 4.74 Å². The number of ether oxygens (including phenoxy) is 1. The van der Waals surface area contributed by atoms with Gasteiger partial charge in [-0.25, -0.2) is 4.79 Å². The van der Waals surface area contributed by atoms with E-state index < -0.39 is 5.97 Å². The monoisotopic (exact) mass is 376 g/mol. The minimum absolute atomic E-state index is 0.0818. The van der Waals surface area contributed by atoms with Crippen LogP contribution in [-0.4, -0.2) is 26.2 Å². The molecule has 0 unspecified atom stereocenters. The van der Waals surface area contributed by atoms with Crippen molar-refractivity contribution in [3.63, 3.8) is 0 Å². The zero-order valence-corrected chi connectivity index (χ0v) is 16.6. The molecule has 0 bridgehead atoms. The lowest BCUT2D eigenvalue weighted by Crippen LogP contribution is -2.15. The lowest BCUT2D eigenvalue weighted by molar-refractivity contribution is -0.138. The zero-order valence-electron chi connectivity index (χ0n) is 16.6. The molecule has 1 heterocycles. The van der Waals surface area contributed by atoms with Crippen molar-refractivity contribution >= 4 is 17.7 Å². The van der Waals surface area contributed by atoms with Crippen LogP contribution in [0.4, 0.5) is 0 Å². The third-order valence-corrected chi connectivity index (χ3v) is 4.36. The molecule has 0 N–H and O–H groups in total. The Labute approximate surface area is 164 Å². The van der Waals surface area contributed by atoms with Gasteiger partial charge in [0.25, 0.3) is 0 Å². The van der Waals surface area contributed by atoms with Gasteiger partial charge in [-0.15, -0.1) is 5.10 Å². The van der Waals surface area contributed by atoms with Crippen molar-refractivity contribution in [2.24, 2.45) is 0 Å². The first-order valence-electron chi connectivity index (χ1n) is 9.13. The summed E-state index contributed by atoms with van der Waals surface area (Å²) in [7, 11) is 0. The Morgan fingerprint density at radius 1 is 1.07 bits per heavy atom. The Hall–Kier alpha value is -3.28. The molecule has 3 aromatic rings. The Morgan fingerprint density at radius 2 is 1.75 bits per heavy atom. The molecule has 2 aromatic carbocycles. The normalized spacial score (nSPS) is 12.1. The van der Waals surface area contributed by atoms with E-state index in [4.69, 9.17) is 4.74 Å². The second-order valence-corrected chi connectivity index (χ2v) is 7.60. The number of aromatic nitrogens is 4. The first kappa shape index (κ1) is 19.5. The molecule has 0 radical (unpaired) electrons. The Kier molecular flexibility index (Phi) is 5.68. The van der Waals surface area contributed by atoms with E-state index in [9.17, 15) is 4.79 Å². The van der Waals surface area contributed by atoms with Crippen molar-refractivity contribution in [1.29, 1.82) is 0 Å². The van der Waals surface area contributed by atoms with E-state index in [1.54, 1.807) is 13.0 Å². The smallest absolute Gasteiger partial charge is 0.357 e. The first-order chi connectivity index (χ1) is 13.3. The van der Waals surface area contributed by atoms with Gasteiger partial charge in [0.15, 0.2) is 11.5 Å². The van der Waals surface area contributed by atoms with E-state index in [-0.39, 0.29) is 17.7 Å². The van der Waals surface area contributed by atoms with Crippen LogP contribution in [0.5, 0.6) is 0 Å². The van der Waals surface area contributed by atoms with Gasteiger partial charge in [-0.2, -0.15) is 4.68 Å². The highest BCUT2D eigenvalue weighted by molar-refractivity contribution is 6.15. The van der Waals surface area contributed by atoms with Crippen LogP contribution in [0.3, 0.4) is 0 Å². The highest BCUT2D eigenvalue weighted by atomic mass is 16.5. The third-order valence-electron chi connectivity index (χ3n) is 4.36. The molecule has 28 heavy (non-hydrogen) atoms. The maximum atomic E-state index is 12.8. The number of nitrogens with zero attached hydrogens (tertiary/aromatic N) is 4. The molecule has 6 nitrogen and oxygen atoms in total. The maximum Gasteiger partial charge on any atom is 0.357 e. The second-order valence-electron chi connectivity index (χ2n) is 7.60. The van der Waals surface area contributed by atoms with Gasteiger partial charge in [0, 0.05) is 0 Å². The van der Waals surface area contributed by atoms with Crippen LogP contribution >= 0.6 is 0 Å². The van der Waals surface area contributed by atoms with Crippen molar-refractivity contribution in [2.45, 2.75) is 39.7 Å². The van der Waals surface area contributed by atoms with Crippen LogP contribution in [0, 0.1) is 6.92 Å². The average Bonchev–Trinajstić information content (AvgIpc) is 3.10. The fourth-order valence-corrected chi connectivity index (χ4v) is 2.69. The highest BCUT2D eigenvalue weighted by Gasteiger charge is 2.18. The number of benzene rings is 2. The van der Waals surface area contributed by atoms with E-state index in [0.717, 1.165) is 11.1 Å². The van der Waals surface area contributed by atoms with Gasteiger partial charge in [0.1, 0.15) is 6.61 Å². The van der Waals surface area contributed by atoms with Crippen molar-refractivity contribution < 1.29 is 9.53 Å². The second kappa shape index (κ2) is 8.17. The van der Waals surface area contributed by atoms with Gasteiger partial charge in [-0.3, -0.25) is 0 Å². The largest absolute Gasteiger partial charge is 0.456 e. The summed E-state index contributed by atoms with van der Waals surface area (Å²) in [5.74, 6) is 0.0211. The van der Waals surface area contributed by atoms with Gasteiger partial charge in [-0.1, -0.05) is 75.4 Å². The van der Waals surface area contributed by atoms with Crippen LogP contribution in [0.2, 0.25) is 0 Å². The molecule has 6 heteroatoms. The average molecular weight is 376 g/mol. The van der Waals surface area contributed by atoms with Crippen LogP contribution < -0.4 is 0 Å². The van der Waals surface area contributed by atoms with Gasteiger partial charge in [0.05, 0.1) is 0 Å². The van der Waals surface area contributed by atoms with E-state index in [2.05, 4.69) is 48.4 Å². The fourth-order valence-electron chi connectivity index (χ4n) is 2.69. The molecule has 1 aromatic heterocycles. The van der Waals surface area contributed by atoms with Crippen molar-refractivity contribution in [2.75, 3.05) is 0 Å². The molecule has 0 aliphatic carbocycles. The van der Waals surface area contributed by atoms with Crippen molar-refractivity contribution in [3.05, 3.63) is 77.1 Å². The van der Waals surface area contributed by atoms with Crippen LogP contribution in [0.15, 0.2) is 54.6 Å². The summed E-state index contributed by atoms with van der Waals surface area (Å²) >= 11 is 0. The van der Waals surface area contributed by atoms with Crippen molar-refractivity contribution in [3.8, 4) is 0 Å². The molecular formula is C22H24N4O2. The number of carbonyl (C=O) groups excluding carboxylic acids is 1. The molecule has 144 valence electrons. The number of hydrogen-bond donors (Lipinski definition) is 0. The number of carbonyl (C=O) groups is 1. The predicted molar refractivity (Wildman–Crippen MR) is 108 cm³/mol. The van der Waals surface area contributed by atoms with Gasteiger partial charge in [0.2, 0.25) is 0 Å². The Bertz CT molecular complexity index is 968. The summed E-state index contributed by atoms with van der Waals surface area (Å²) in [6.07, 6.45) is 1.72. The summed E-state index contributed by atoms with van der Waals surface area (Å²) < 4.78 is 6.93. The lowest BCUT2D eigenvalue weighted by atomic mass is 9.87. The van der Waals surface area contributed by atoms with E-state index in [0.29, 0.717) is 5.82 Å². The highest BCUT2D eigenvalue weighted by Crippen LogP contribution is 2.22. The minimum atomic E-state index is -0.487. The van der Waals surface area contributed by atoms with E-state index in [1.165, 1.54) is 10.2 Å². The Morgan fingerprint density at radius 3 is 2.32 bits per heavy atom. The third kappa shape index (κ3) is 4.71.